The van der Waals surface area contributed by atoms with Gasteiger partial charge in [-0.25, -0.2) is 4.98 Å². The third-order valence-corrected chi connectivity index (χ3v) is 1.77. The van der Waals surface area contributed by atoms with Crippen LogP contribution in [0.15, 0.2) is 4.99 Å². The monoisotopic (exact) mass is 152 g/mol. The highest BCUT2D eigenvalue weighted by molar-refractivity contribution is 5.77. The first-order valence-electron chi connectivity index (χ1n) is 3.62. The van der Waals surface area contributed by atoms with E-state index in [0.29, 0.717) is 0 Å². The summed E-state index contributed by atoms with van der Waals surface area (Å²) in [6.07, 6.45) is 1.69. The molecule has 4 nitrogen and oxygen atoms in total. The molecule has 1 aromatic heterocycles. The molecule has 60 valence electrons. The standard InChI is InChI=1S/C7H10N4.H2/c1-4-6-7(9-3-8-4)11-5(2)10-6;/h3-4H,1-2H3,(H,8,9)(H,10,11);1H. The number of aromatic amines is 1. The highest BCUT2D eigenvalue weighted by Gasteiger charge is 2.15. The number of aryl methyl sites for hydroxylation is 1. The summed E-state index contributed by atoms with van der Waals surface area (Å²) in [7, 11) is 0. The summed E-state index contributed by atoms with van der Waals surface area (Å²) in [4.78, 5) is 11.6. The Labute approximate surface area is 66.2 Å². The van der Waals surface area contributed by atoms with Crippen molar-refractivity contribution in [2.24, 2.45) is 4.99 Å². The van der Waals surface area contributed by atoms with E-state index >= 15 is 0 Å². The Morgan fingerprint density at radius 3 is 3.18 bits per heavy atom. The highest BCUT2D eigenvalue weighted by Crippen LogP contribution is 2.24. The van der Waals surface area contributed by atoms with Crippen LogP contribution in [0.2, 0.25) is 0 Å². The molecule has 0 bridgehead atoms. The predicted molar refractivity (Wildman–Crippen MR) is 46.0 cm³/mol. The molecule has 0 aromatic carbocycles. The number of aromatic nitrogens is 2. The molecular weight excluding hydrogens is 140 g/mol. The number of imidazole rings is 1. The molecule has 0 saturated heterocycles. The molecule has 1 unspecified atom stereocenters. The fourth-order valence-corrected chi connectivity index (χ4v) is 1.21. The van der Waals surface area contributed by atoms with Crippen LogP contribution in [-0.2, 0) is 0 Å². The molecule has 0 amide bonds. The summed E-state index contributed by atoms with van der Waals surface area (Å²) in [6, 6.07) is 0.201. The average Bonchev–Trinajstić information content (AvgIpc) is 2.31. The Morgan fingerprint density at radius 1 is 1.64 bits per heavy atom. The van der Waals surface area contributed by atoms with Gasteiger partial charge in [0.15, 0.2) is 5.82 Å². The molecule has 1 aromatic rings. The molecular formula is C7H12N4. The van der Waals surface area contributed by atoms with Crippen molar-refractivity contribution in [3.8, 4) is 0 Å². The quantitative estimate of drug-likeness (QED) is 0.591. The topological polar surface area (TPSA) is 53.1 Å². The number of nitrogens with zero attached hydrogens (tertiary/aromatic N) is 2. The first kappa shape index (κ1) is 6.39. The normalized spacial score (nSPS) is 21.1. The number of H-pyrrole nitrogens is 1. The number of aliphatic imine (C=N–C) groups is 1. The number of rotatable bonds is 0. The molecule has 0 aliphatic carbocycles. The van der Waals surface area contributed by atoms with E-state index in [4.69, 9.17) is 0 Å². The van der Waals surface area contributed by atoms with Crippen molar-refractivity contribution in [3.05, 3.63) is 11.5 Å². The minimum Gasteiger partial charge on any atom is -0.343 e. The van der Waals surface area contributed by atoms with Crippen LogP contribution in [0.5, 0.6) is 0 Å². The first-order valence-corrected chi connectivity index (χ1v) is 3.62. The Hall–Kier alpha value is -1.32. The van der Waals surface area contributed by atoms with Crippen LogP contribution in [0.25, 0.3) is 0 Å². The Morgan fingerprint density at radius 2 is 2.45 bits per heavy atom. The van der Waals surface area contributed by atoms with E-state index in [2.05, 4.69) is 20.3 Å². The lowest BCUT2D eigenvalue weighted by atomic mass is 10.2. The number of hydrogen-bond donors (Lipinski definition) is 2. The predicted octanol–water partition coefficient (Wildman–Crippen LogP) is 1.48. The van der Waals surface area contributed by atoms with Gasteiger partial charge < -0.3 is 10.3 Å². The Bertz CT molecular complexity index is 304. The molecule has 0 radical (unpaired) electrons. The third-order valence-electron chi connectivity index (χ3n) is 1.77. The van der Waals surface area contributed by atoms with Crippen LogP contribution in [0.4, 0.5) is 5.82 Å². The van der Waals surface area contributed by atoms with Gasteiger partial charge in [-0.2, -0.15) is 0 Å². The van der Waals surface area contributed by atoms with Crippen molar-refractivity contribution in [1.29, 1.82) is 0 Å². The second kappa shape index (κ2) is 2.08. The smallest absolute Gasteiger partial charge is 0.154 e. The molecule has 4 heteroatoms. The van der Waals surface area contributed by atoms with Gasteiger partial charge in [0.1, 0.15) is 5.82 Å². The Balaban J connectivity index is 0.000000720. The molecule has 1 aliphatic heterocycles. The van der Waals surface area contributed by atoms with Crippen LogP contribution < -0.4 is 5.32 Å². The maximum absolute atomic E-state index is 4.24. The maximum atomic E-state index is 4.24. The fraction of sp³-hybridized carbons (Fsp3) is 0.429. The van der Waals surface area contributed by atoms with Crippen molar-refractivity contribution in [3.63, 3.8) is 0 Å². The van der Waals surface area contributed by atoms with E-state index < -0.39 is 0 Å². The van der Waals surface area contributed by atoms with Crippen molar-refractivity contribution in [2.75, 3.05) is 5.32 Å². The molecule has 1 aliphatic rings. The van der Waals surface area contributed by atoms with Gasteiger partial charge >= 0.3 is 0 Å². The molecule has 11 heavy (non-hydrogen) atoms. The Kier molecular flexibility index (Phi) is 1.21. The van der Waals surface area contributed by atoms with E-state index in [9.17, 15) is 0 Å². The zero-order valence-electron chi connectivity index (χ0n) is 6.55. The first-order chi connectivity index (χ1) is 5.27. The number of fused-ring (bicyclic) bond motifs is 1. The number of anilines is 1. The summed E-state index contributed by atoms with van der Waals surface area (Å²) in [5.41, 5.74) is 1.07. The summed E-state index contributed by atoms with van der Waals surface area (Å²) >= 11 is 0. The molecule has 2 rings (SSSR count). The van der Waals surface area contributed by atoms with Crippen LogP contribution in [0.1, 0.15) is 25.9 Å². The fourth-order valence-electron chi connectivity index (χ4n) is 1.21. The van der Waals surface area contributed by atoms with E-state index in [-0.39, 0.29) is 7.47 Å². The molecule has 0 fully saturated rings. The molecule has 0 spiro atoms. The average molecular weight is 152 g/mol. The molecule has 1 atom stereocenters. The minimum atomic E-state index is 0. The van der Waals surface area contributed by atoms with E-state index in [0.717, 1.165) is 17.3 Å². The number of nitrogens with one attached hydrogen (secondary N) is 2. The zero-order valence-corrected chi connectivity index (χ0v) is 6.55. The van der Waals surface area contributed by atoms with Crippen LogP contribution in [-0.4, -0.2) is 16.3 Å². The van der Waals surface area contributed by atoms with Gasteiger partial charge in [-0.15, -0.1) is 0 Å². The van der Waals surface area contributed by atoms with Crippen LogP contribution in [0, 0.1) is 6.92 Å². The lowest BCUT2D eigenvalue weighted by molar-refractivity contribution is 0.787. The van der Waals surface area contributed by atoms with E-state index in [1.165, 1.54) is 0 Å². The minimum absolute atomic E-state index is 0. The summed E-state index contributed by atoms with van der Waals surface area (Å²) in [5.74, 6) is 1.84. The van der Waals surface area contributed by atoms with Gasteiger partial charge in [0.25, 0.3) is 0 Å². The van der Waals surface area contributed by atoms with Crippen molar-refractivity contribution < 1.29 is 1.43 Å². The summed E-state index contributed by atoms with van der Waals surface area (Å²) in [6.45, 7) is 3.97. The van der Waals surface area contributed by atoms with Gasteiger partial charge in [0, 0.05) is 1.43 Å². The molecule has 2 N–H and O–H groups in total. The van der Waals surface area contributed by atoms with Gasteiger partial charge in [0.2, 0.25) is 0 Å². The highest BCUT2D eigenvalue weighted by atomic mass is 15.1. The largest absolute Gasteiger partial charge is 0.343 e. The lowest BCUT2D eigenvalue weighted by Crippen LogP contribution is -2.07. The van der Waals surface area contributed by atoms with E-state index in [1.54, 1.807) is 6.34 Å². The maximum Gasteiger partial charge on any atom is 0.154 e. The molecule has 0 saturated carbocycles. The third kappa shape index (κ3) is 0.906. The van der Waals surface area contributed by atoms with Crippen molar-refractivity contribution in [2.45, 2.75) is 19.9 Å². The van der Waals surface area contributed by atoms with Crippen molar-refractivity contribution >= 4 is 12.2 Å². The second-order valence-corrected chi connectivity index (χ2v) is 2.68. The SMILES string of the molecule is Cc1nc2c([nH]1)C(C)N=CN2.[HH]. The lowest BCUT2D eigenvalue weighted by Gasteiger charge is -2.10. The van der Waals surface area contributed by atoms with Gasteiger partial charge in [-0.1, -0.05) is 0 Å². The zero-order chi connectivity index (χ0) is 7.84. The van der Waals surface area contributed by atoms with Gasteiger partial charge in [-0.05, 0) is 13.8 Å². The van der Waals surface area contributed by atoms with Crippen LogP contribution in [0.3, 0.4) is 0 Å². The van der Waals surface area contributed by atoms with Gasteiger partial charge in [0.05, 0.1) is 18.1 Å². The van der Waals surface area contributed by atoms with Gasteiger partial charge in [-0.3, -0.25) is 4.99 Å². The van der Waals surface area contributed by atoms with Crippen LogP contribution >= 0.6 is 0 Å². The van der Waals surface area contributed by atoms with Crippen molar-refractivity contribution in [1.82, 2.24) is 9.97 Å². The summed E-state index contributed by atoms with van der Waals surface area (Å²) in [5, 5.41) is 2.98. The second-order valence-electron chi connectivity index (χ2n) is 2.68. The summed E-state index contributed by atoms with van der Waals surface area (Å²) < 4.78 is 0. The number of hydrogen-bond acceptors (Lipinski definition) is 3. The van der Waals surface area contributed by atoms with E-state index in [1.807, 2.05) is 13.8 Å². The molecule has 2 heterocycles.